The van der Waals surface area contributed by atoms with Crippen molar-refractivity contribution < 1.29 is 17.9 Å². The van der Waals surface area contributed by atoms with Crippen LogP contribution in [0.3, 0.4) is 0 Å². The summed E-state index contributed by atoms with van der Waals surface area (Å²) < 4.78 is 32.9. The highest BCUT2D eigenvalue weighted by Gasteiger charge is 2.40. The van der Waals surface area contributed by atoms with E-state index < -0.39 is 10.0 Å². The summed E-state index contributed by atoms with van der Waals surface area (Å²) in [6.45, 7) is -0.253. The number of methoxy groups -OCH3 is 1. The number of fused-ring (bicyclic) bond motifs is 2. The average Bonchev–Trinajstić information content (AvgIpc) is 3.36. The molecule has 0 unspecified atom stereocenters. The highest BCUT2D eigenvalue weighted by molar-refractivity contribution is 7.92. The standard InChI is InChI=1S/C22H26N2O4S/c1-28-19-11-9-18(10-12-19)24(29(26,27)20-5-3-2-4-6-20)15-22(25)23-21-14-16-7-8-17(21)13-16/h2-6,9-12,16-17,21H,7-8,13-15H2,1H3,(H,23,25)/t16-,17-,21-/m0/s1. The summed E-state index contributed by atoms with van der Waals surface area (Å²) in [6, 6.07) is 15.1. The lowest BCUT2D eigenvalue weighted by atomic mass is 9.95. The molecule has 0 heterocycles. The van der Waals surface area contributed by atoms with Crippen molar-refractivity contribution in [3.8, 4) is 5.75 Å². The van der Waals surface area contributed by atoms with Crippen LogP contribution in [0.1, 0.15) is 25.7 Å². The Hall–Kier alpha value is -2.54. The van der Waals surface area contributed by atoms with E-state index in [4.69, 9.17) is 4.74 Å². The molecule has 154 valence electrons. The Morgan fingerprint density at radius 3 is 2.38 bits per heavy atom. The third kappa shape index (κ3) is 4.10. The molecule has 2 aliphatic carbocycles. The van der Waals surface area contributed by atoms with Gasteiger partial charge in [-0.15, -0.1) is 0 Å². The van der Waals surface area contributed by atoms with Crippen LogP contribution in [0, 0.1) is 11.8 Å². The maximum absolute atomic E-state index is 13.3. The molecule has 1 amide bonds. The lowest BCUT2D eigenvalue weighted by molar-refractivity contribution is -0.120. The number of sulfonamides is 1. The summed E-state index contributed by atoms with van der Waals surface area (Å²) in [4.78, 5) is 13.0. The molecule has 2 bridgehead atoms. The quantitative estimate of drug-likeness (QED) is 0.755. The summed E-state index contributed by atoms with van der Waals surface area (Å²) >= 11 is 0. The Bertz CT molecular complexity index is 960. The van der Waals surface area contributed by atoms with Crippen LogP contribution in [0.2, 0.25) is 0 Å². The minimum absolute atomic E-state index is 0.156. The van der Waals surface area contributed by atoms with E-state index in [2.05, 4.69) is 5.32 Å². The number of nitrogens with zero attached hydrogens (tertiary/aromatic N) is 1. The van der Waals surface area contributed by atoms with Crippen molar-refractivity contribution in [2.75, 3.05) is 18.0 Å². The molecule has 29 heavy (non-hydrogen) atoms. The van der Waals surface area contributed by atoms with Crippen LogP contribution in [0.5, 0.6) is 5.75 Å². The fourth-order valence-corrected chi connectivity index (χ4v) is 6.03. The van der Waals surface area contributed by atoms with Crippen LogP contribution in [-0.2, 0) is 14.8 Å². The van der Waals surface area contributed by atoms with Gasteiger partial charge in [0.25, 0.3) is 10.0 Å². The van der Waals surface area contributed by atoms with Gasteiger partial charge in [-0.05, 0) is 67.5 Å². The van der Waals surface area contributed by atoms with Crippen molar-refractivity contribution in [2.24, 2.45) is 11.8 Å². The van der Waals surface area contributed by atoms with Crippen LogP contribution in [0.25, 0.3) is 0 Å². The Morgan fingerprint density at radius 2 is 1.79 bits per heavy atom. The molecule has 6 nitrogen and oxygen atoms in total. The van der Waals surface area contributed by atoms with E-state index in [1.165, 1.54) is 17.1 Å². The largest absolute Gasteiger partial charge is 0.497 e. The van der Waals surface area contributed by atoms with Crippen LogP contribution < -0.4 is 14.4 Å². The molecule has 1 N–H and O–H groups in total. The van der Waals surface area contributed by atoms with Gasteiger partial charge in [-0.1, -0.05) is 24.6 Å². The minimum atomic E-state index is -3.88. The van der Waals surface area contributed by atoms with Crippen molar-refractivity contribution in [1.29, 1.82) is 0 Å². The molecule has 3 atom stereocenters. The molecule has 7 heteroatoms. The van der Waals surface area contributed by atoms with Gasteiger partial charge in [0.15, 0.2) is 0 Å². The zero-order valence-corrected chi connectivity index (χ0v) is 17.3. The first-order valence-corrected chi connectivity index (χ1v) is 11.4. The van der Waals surface area contributed by atoms with Gasteiger partial charge in [0.05, 0.1) is 17.7 Å². The van der Waals surface area contributed by atoms with Crippen molar-refractivity contribution in [1.82, 2.24) is 5.32 Å². The molecule has 0 aromatic heterocycles. The van der Waals surface area contributed by atoms with Gasteiger partial charge in [-0.25, -0.2) is 8.42 Å². The zero-order chi connectivity index (χ0) is 20.4. The highest BCUT2D eigenvalue weighted by Crippen LogP contribution is 2.44. The number of benzene rings is 2. The minimum Gasteiger partial charge on any atom is -0.497 e. The summed E-state index contributed by atoms with van der Waals surface area (Å²) in [7, 11) is -2.33. The van der Waals surface area contributed by atoms with Crippen LogP contribution in [0.15, 0.2) is 59.5 Å². The molecule has 0 aliphatic heterocycles. The molecule has 2 saturated carbocycles. The maximum atomic E-state index is 13.3. The van der Waals surface area contributed by atoms with Crippen LogP contribution in [0.4, 0.5) is 5.69 Å². The summed E-state index contributed by atoms with van der Waals surface area (Å²) in [5.74, 6) is 1.59. The molecule has 2 aromatic carbocycles. The van der Waals surface area contributed by atoms with E-state index in [0.717, 1.165) is 12.8 Å². The fourth-order valence-electron chi connectivity index (χ4n) is 4.59. The van der Waals surface area contributed by atoms with Crippen LogP contribution in [-0.4, -0.2) is 34.0 Å². The fraction of sp³-hybridized carbons (Fsp3) is 0.409. The lowest BCUT2D eigenvalue weighted by Gasteiger charge is -2.27. The van der Waals surface area contributed by atoms with Gasteiger partial charge < -0.3 is 10.1 Å². The molecule has 2 fully saturated rings. The Morgan fingerprint density at radius 1 is 1.07 bits per heavy atom. The zero-order valence-electron chi connectivity index (χ0n) is 16.5. The molecular weight excluding hydrogens is 388 g/mol. The van der Waals surface area contributed by atoms with Gasteiger partial charge in [-0.2, -0.15) is 0 Å². The number of hydrogen-bond donors (Lipinski definition) is 1. The van der Waals surface area contributed by atoms with E-state index in [9.17, 15) is 13.2 Å². The maximum Gasteiger partial charge on any atom is 0.264 e. The van der Waals surface area contributed by atoms with Crippen molar-refractivity contribution in [3.63, 3.8) is 0 Å². The lowest BCUT2D eigenvalue weighted by Crippen LogP contribution is -2.45. The van der Waals surface area contributed by atoms with Gasteiger partial charge in [0.2, 0.25) is 5.91 Å². The number of carbonyl (C=O) groups excluding carboxylic acids is 1. The first-order valence-electron chi connectivity index (χ1n) is 9.98. The van der Waals surface area contributed by atoms with E-state index in [-0.39, 0.29) is 23.4 Å². The van der Waals surface area contributed by atoms with E-state index in [0.29, 0.717) is 23.3 Å². The Kier molecular flexibility index (Phi) is 5.50. The smallest absolute Gasteiger partial charge is 0.264 e. The summed E-state index contributed by atoms with van der Waals surface area (Å²) in [5, 5.41) is 3.09. The number of rotatable bonds is 7. The van der Waals surface area contributed by atoms with Crippen LogP contribution >= 0.6 is 0 Å². The SMILES string of the molecule is COc1ccc(N(CC(=O)N[C@H]2C[C@H]3CC[C@H]2C3)S(=O)(=O)c2ccccc2)cc1. The van der Waals surface area contributed by atoms with E-state index in [1.54, 1.807) is 61.7 Å². The van der Waals surface area contributed by atoms with E-state index >= 15 is 0 Å². The second kappa shape index (κ2) is 8.06. The first-order chi connectivity index (χ1) is 14.0. The molecule has 0 radical (unpaired) electrons. The molecule has 4 rings (SSSR count). The molecular formula is C22H26N2O4S. The third-order valence-electron chi connectivity index (χ3n) is 6.06. The third-order valence-corrected chi connectivity index (χ3v) is 7.85. The normalized spacial score (nSPS) is 23.0. The highest BCUT2D eigenvalue weighted by atomic mass is 32.2. The van der Waals surface area contributed by atoms with Gasteiger partial charge >= 0.3 is 0 Å². The molecule has 0 spiro atoms. The van der Waals surface area contributed by atoms with Gasteiger partial charge in [-0.3, -0.25) is 9.10 Å². The van der Waals surface area contributed by atoms with Gasteiger partial charge in [0, 0.05) is 6.04 Å². The number of nitrogens with one attached hydrogen (secondary N) is 1. The predicted molar refractivity (Wildman–Crippen MR) is 111 cm³/mol. The average molecular weight is 415 g/mol. The number of carbonyl (C=O) groups is 1. The number of ether oxygens (including phenoxy) is 1. The molecule has 0 saturated heterocycles. The van der Waals surface area contributed by atoms with Gasteiger partial charge in [0.1, 0.15) is 12.3 Å². The topological polar surface area (TPSA) is 75.7 Å². The second-order valence-corrected chi connectivity index (χ2v) is 9.73. The first kappa shape index (κ1) is 19.8. The Labute approximate surface area is 171 Å². The number of hydrogen-bond acceptors (Lipinski definition) is 4. The monoisotopic (exact) mass is 414 g/mol. The Balaban J connectivity index is 1.58. The van der Waals surface area contributed by atoms with Crippen molar-refractivity contribution >= 4 is 21.6 Å². The summed E-state index contributed by atoms with van der Waals surface area (Å²) in [5.41, 5.74) is 0.428. The summed E-state index contributed by atoms with van der Waals surface area (Å²) in [6.07, 6.45) is 4.58. The van der Waals surface area contributed by atoms with Crippen molar-refractivity contribution in [3.05, 3.63) is 54.6 Å². The van der Waals surface area contributed by atoms with Crippen molar-refractivity contribution in [2.45, 2.75) is 36.6 Å². The number of amides is 1. The molecule has 2 aliphatic rings. The predicted octanol–water partition coefficient (Wildman–Crippen LogP) is 3.20. The second-order valence-electron chi connectivity index (χ2n) is 7.87. The molecule has 2 aromatic rings. The van der Waals surface area contributed by atoms with E-state index in [1.807, 2.05) is 0 Å². The number of anilines is 1.